The molecule has 4 rings (SSSR count). The summed E-state index contributed by atoms with van der Waals surface area (Å²) in [5, 5.41) is 1.56. The van der Waals surface area contributed by atoms with Gasteiger partial charge >= 0.3 is 0 Å². The fourth-order valence-electron chi connectivity index (χ4n) is 2.77. The molecule has 24 heavy (non-hydrogen) atoms. The Morgan fingerprint density at radius 2 is 1.62 bits per heavy atom. The SMILES string of the molecule is Cn1c(CSc2nc3ccccc3n2C)nc2ccccc2c1=O. The molecule has 0 amide bonds. The van der Waals surface area contributed by atoms with Crippen molar-refractivity contribution < 1.29 is 0 Å². The van der Waals surface area contributed by atoms with E-state index in [0.717, 1.165) is 27.5 Å². The molecular weight excluding hydrogens is 320 g/mol. The van der Waals surface area contributed by atoms with Crippen LogP contribution in [0, 0.1) is 0 Å². The zero-order chi connectivity index (χ0) is 16.7. The second kappa shape index (κ2) is 5.79. The minimum absolute atomic E-state index is 0.0128. The smallest absolute Gasteiger partial charge is 0.261 e. The van der Waals surface area contributed by atoms with Crippen LogP contribution < -0.4 is 5.56 Å². The molecule has 0 radical (unpaired) electrons. The molecule has 6 heteroatoms. The van der Waals surface area contributed by atoms with Crippen LogP contribution in [0.2, 0.25) is 0 Å². The molecule has 0 bridgehead atoms. The van der Waals surface area contributed by atoms with Gasteiger partial charge in [0.25, 0.3) is 5.56 Å². The van der Waals surface area contributed by atoms with E-state index in [1.165, 1.54) is 0 Å². The molecule has 0 N–H and O–H groups in total. The van der Waals surface area contributed by atoms with E-state index >= 15 is 0 Å². The molecule has 4 aromatic rings. The molecule has 2 aromatic carbocycles. The number of para-hydroxylation sites is 3. The Hall–Kier alpha value is -2.60. The molecule has 0 aliphatic rings. The van der Waals surface area contributed by atoms with Crippen molar-refractivity contribution in [1.29, 1.82) is 0 Å². The zero-order valence-corrected chi connectivity index (χ0v) is 14.2. The largest absolute Gasteiger partial charge is 0.322 e. The zero-order valence-electron chi connectivity index (χ0n) is 13.4. The van der Waals surface area contributed by atoms with Crippen molar-refractivity contribution in [1.82, 2.24) is 19.1 Å². The summed E-state index contributed by atoms with van der Waals surface area (Å²) in [7, 11) is 3.77. The lowest BCUT2D eigenvalue weighted by atomic mass is 10.2. The van der Waals surface area contributed by atoms with Gasteiger partial charge in [0.1, 0.15) is 5.82 Å². The Kier molecular flexibility index (Phi) is 3.61. The van der Waals surface area contributed by atoms with Gasteiger partial charge in [0, 0.05) is 14.1 Å². The first-order chi connectivity index (χ1) is 11.6. The predicted octanol–water partition coefficient (Wildman–Crippen LogP) is 3.11. The fourth-order valence-corrected chi connectivity index (χ4v) is 3.75. The Morgan fingerprint density at radius 1 is 0.917 bits per heavy atom. The molecule has 120 valence electrons. The highest BCUT2D eigenvalue weighted by Gasteiger charge is 2.11. The average Bonchev–Trinajstić information content (AvgIpc) is 2.93. The fraction of sp³-hybridized carbons (Fsp3) is 0.167. The first-order valence-corrected chi connectivity index (χ1v) is 8.62. The van der Waals surface area contributed by atoms with Gasteiger partial charge in [-0.25, -0.2) is 9.97 Å². The van der Waals surface area contributed by atoms with Crippen molar-refractivity contribution in [3.63, 3.8) is 0 Å². The molecule has 2 heterocycles. The lowest BCUT2D eigenvalue weighted by Gasteiger charge is -2.08. The van der Waals surface area contributed by atoms with Crippen molar-refractivity contribution in [2.24, 2.45) is 14.1 Å². The highest BCUT2D eigenvalue weighted by atomic mass is 32.2. The van der Waals surface area contributed by atoms with Crippen molar-refractivity contribution in [3.8, 4) is 0 Å². The minimum atomic E-state index is -0.0128. The number of nitrogens with zero attached hydrogens (tertiary/aromatic N) is 4. The van der Waals surface area contributed by atoms with Crippen LogP contribution in [0.15, 0.2) is 58.5 Å². The minimum Gasteiger partial charge on any atom is -0.322 e. The van der Waals surface area contributed by atoms with E-state index in [4.69, 9.17) is 0 Å². The third-order valence-electron chi connectivity index (χ3n) is 4.15. The van der Waals surface area contributed by atoms with Crippen LogP contribution in [0.25, 0.3) is 21.9 Å². The molecule has 0 fully saturated rings. The number of aryl methyl sites for hydroxylation is 1. The van der Waals surface area contributed by atoms with E-state index in [1.807, 2.05) is 49.5 Å². The van der Waals surface area contributed by atoms with Gasteiger partial charge < -0.3 is 4.57 Å². The average molecular weight is 336 g/mol. The summed E-state index contributed by atoms with van der Waals surface area (Å²) in [6.07, 6.45) is 0. The van der Waals surface area contributed by atoms with E-state index in [2.05, 4.69) is 20.6 Å². The van der Waals surface area contributed by atoms with E-state index < -0.39 is 0 Å². The van der Waals surface area contributed by atoms with Crippen molar-refractivity contribution in [3.05, 3.63) is 64.7 Å². The molecule has 0 saturated heterocycles. The van der Waals surface area contributed by atoms with Gasteiger partial charge in [0.2, 0.25) is 0 Å². The highest BCUT2D eigenvalue weighted by molar-refractivity contribution is 7.98. The lowest BCUT2D eigenvalue weighted by Crippen LogP contribution is -2.21. The van der Waals surface area contributed by atoms with Crippen LogP contribution in [0.1, 0.15) is 5.82 Å². The maximum absolute atomic E-state index is 12.5. The van der Waals surface area contributed by atoms with Crippen molar-refractivity contribution in [2.45, 2.75) is 10.9 Å². The Bertz CT molecular complexity index is 1110. The number of fused-ring (bicyclic) bond motifs is 2. The van der Waals surface area contributed by atoms with Crippen LogP contribution in [-0.4, -0.2) is 19.1 Å². The van der Waals surface area contributed by atoms with E-state index in [-0.39, 0.29) is 5.56 Å². The Labute approximate surface area is 143 Å². The number of thioether (sulfide) groups is 1. The van der Waals surface area contributed by atoms with Gasteiger partial charge in [-0.1, -0.05) is 36.0 Å². The van der Waals surface area contributed by atoms with Gasteiger partial charge in [0.15, 0.2) is 5.16 Å². The summed E-state index contributed by atoms with van der Waals surface area (Å²) in [5.74, 6) is 1.34. The molecule has 0 aliphatic heterocycles. The second-order valence-corrected chi connectivity index (χ2v) is 6.58. The molecule has 5 nitrogen and oxygen atoms in total. The van der Waals surface area contributed by atoms with E-state index in [9.17, 15) is 4.79 Å². The number of benzene rings is 2. The number of imidazole rings is 1. The van der Waals surface area contributed by atoms with Crippen LogP contribution in [-0.2, 0) is 19.8 Å². The van der Waals surface area contributed by atoms with Gasteiger partial charge in [-0.2, -0.15) is 0 Å². The summed E-state index contributed by atoms with van der Waals surface area (Å²) in [4.78, 5) is 21.8. The van der Waals surface area contributed by atoms with Crippen LogP contribution >= 0.6 is 11.8 Å². The lowest BCUT2D eigenvalue weighted by molar-refractivity contribution is 0.778. The molecule has 0 saturated carbocycles. The number of hydrogen-bond acceptors (Lipinski definition) is 4. The summed E-state index contributed by atoms with van der Waals surface area (Å²) < 4.78 is 3.69. The molecular formula is C18H16N4OS. The third kappa shape index (κ3) is 2.39. The number of hydrogen-bond donors (Lipinski definition) is 0. The molecule has 0 unspecified atom stereocenters. The molecule has 0 atom stereocenters. The first-order valence-electron chi connectivity index (χ1n) is 7.64. The van der Waals surface area contributed by atoms with Gasteiger partial charge in [-0.05, 0) is 24.3 Å². The summed E-state index contributed by atoms with van der Waals surface area (Å²) in [6.45, 7) is 0. The van der Waals surface area contributed by atoms with E-state index in [0.29, 0.717) is 11.1 Å². The highest BCUT2D eigenvalue weighted by Crippen LogP contribution is 2.25. The third-order valence-corrected chi connectivity index (χ3v) is 5.18. The molecule has 0 spiro atoms. The van der Waals surface area contributed by atoms with Crippen molar-refractivity contribution in [2.75, 3.05) is 0 Å². The Morgan fingerprint density at radius 3 is 2.42 bits per heavy atom. The topological polar surface area (TPSA) is 52.7 Å². The quantitative estimate of drug-likeness (QED) is 0.540. The number of rotatable bonds is 3. The van der Waals surface area contributed by atoms with E-state index in [1.54, 1.807) is 23.4 Å². The van der Waals surface area contributed by atoms with Crippen LogP contribution in [0.3, 0.4) is 0 Å². The normalized spacial score (nSPS) is 11.4. The van der Waals surface area contributed by atoms with Gasteiger partial charge in [0.05, 0.1) is 27.7 Å². The summed E-state index contributed by atoms with van der Waals surface area (Å²) in [6, 6.07) is 15.5. The second-order valence-electron chi connectivity index (χ2n) is 5.64. The predicted molar refractivity (Wildman–Crippen MR) is 97.3 cm³/mol. The maximum atomic E-state index is 12.5. The van der Waals surface area contributed by atoms with Crippen molar-refractivity contribution >= 4 is 33.7 Å². The molecule has 0 aliphatic carbocycles. The standard InChI is InChI=1S/C18H16N4OS/c1-21-15-10-6-5-9-14(15)20-18(21)24-11-16-19-13-8-4-3-7-12(13)17(23)22(16)2/h3-10H,11H2,1-2H3. The van der Waals surface area contributed by atoms with Gasteiger partial charge in [-0.3, -0.25) is 9.36 Å². The monoisotopic (exact) mass is 336 g/mol. The summed E-state index contributed by atoms with van der Waals surface area (Å²) >= 11 is 1.59. The first kappa shape index (κ1) is 15.0. The summed E-state index contributed by atoms with van der Waals surface area (Å²) in [5.41, 5.74) is 2.80. The molecule has 2 aromatic heterocycles. The van der Waals surface area contributed by atoms with Crippen LogP contribution in [0.4, 0.5) is 0 Å². The van der Waals surface area contributed by atoms with Crippen LogP contribution in [0.5, 0.6) is 0 Å². The number of aromatic nitrogens is 4. The maximum Gasteiger partial charge on any atom is 0.261 e. The van der Waals surface area contributed by atoms with Gasteiger partial charge in [-0.15, -0.1) is 0 Å². The Balaban J connectivity index is 1.70.